The van der Waals surface area contributed by atoms with Crippen LogP contribution in [0, 0.1) is 11.8 Å². The minimum absolute atomic E-state index is 0.925. The first kappa shape index (κ1) is 11.7. The lowest BCUT2D eigenvalue weighted by atomic mass is 9.92. The van der Waals surface area contributed by atoms with Gasteiger partial charge in [-0.2, -0.15) is 0 Å². The van der Waals surface area contributed by atoms with Crippen molar-refractivity contribution in [3.05, 3.63) is 35.9 Å². The fourth-order valence-corrected chi connectivity index (χ4v) is 2.93. The average molecular weight is 217 g/mol. The Morgan fingerprint density at radius 2 is 1.56 bits per heavy atom. The van der Waals surface area contributed by atoms with Gasteiger partial charge in [0, 0.05) is 19.6 Å². The van der Waals surface area contributed by atoms with Gasteiger partial charge in [0.25, 0.3) is 0 Å². The van der Waals surface area contributed by atoms with Crippen LogP contribution >= 0.6 is 0 Å². The summed E-state index contributed by atoms with van der Waals surface area (Å²) in [5.74, 6) is 1.85. The summed E-state index contributed by atoms with van der Waals surface area (Å²) in [4.78, 5) is 2.62. The van der Waals surface area contributed by atoms with Crippen LogP contribution in [0.1, 0.15) is 32.3 Å². The molecule has 0 amide bonds. The maximum absolute atomic E-state index is 2.62. The van der Waals surface area contributed by atoms with Crippen LogP contribution in [0.2, 0.25) is 0 Å². The van der Waals surface area contributed by atoms with Crippen molar-refractivity contribution in [3.63, 3.8) is 0 Å². The van der Waals surface area contributed by atoms with Crippen LogP contribution < -0.4 is 0 Å². The van der Waals surface area contributed by atoms with E-state index in [0.717, 1.165) is 18.4 Å². The minimum Gasteiger partial charge on any atom is -0.299 e. The summed E-state index contributed by atoms with van der Waals surface area (Å²) in [5.41, 5.74) is 1.45. The Morgan fingerprint density at radius 3 is 2.06 bits per heavy atom. The summed E-state index contributed by atoms with van der Waals surface area (Å²) in [6.07, 6.45) is 2.67. The molecule has 0 spiro atoms. The number of hydrogen-bond acceptors (Lipinski definition) is 1. The van der Waals surface area contributed by atoms with E-state index in [1.165, 1.54) is 31.5 Å². The van der Waals surface area contributed by atoms with Gasteiger partial charge in [-0.3, -0.25) is 4.90 Å². The highest BCUT2D eigenvalue weighted by atomic mass is 15.1. The average Bonchev–Trinajstić information content (AvgIpc) is 2.72. The van der Waals surface area contributed by atoms with Crippen LogP contribution in [0.15, 0.2) is 30.3 Å². The molecule has 1 aromatic rings. The SMILES string of the molecule is CCC1CN(Cc2ccccc2)CC1CC. The maximum atomic E-state index is 2.62. The number of likely N-dealkylation sites (tertiary alicyclic amines) is 1. The Bertz CT molecular complexity index is 294. The van der Waals surface area contributed by atoms with E-state index in [-0.39, 0.29) is 0 Å². The topological polar surface area (TPSA) is 3.24 Å². The van der Waals surface area contributed by atoms with Crippen LogP contribution in [0.25, 0.3) is 0 Å². The molecule has 1 saturated heterocycles. The quantitative estimate of drug-likeness (QED) is 0.745. The van der Waals surface area contributed by atoms with Crippen molar-refractivity contribution in [2.75, 3.05) is 13.1 Å². The molecule has 0 bridgehead atoms. The van der Waals surface area contributed by atoms with Crippen LogP contribution in [-0.4, -0.2) is 18.0 Å². The van der Waals surface area contributed by atoms with Gasteiger partial charge in [-0.1, -0.05) is 57.0 Å². The lowest BCUT2D eigenvalue weighted by Gasteiger charge is -2.15. The highest BCUT2D eigenvalue weighted by Gasteiger charge is 2.29. The number of benzene rings is 1. The van der Waals surface area contributed by atoms with Gasteiger partial charge in [0.05, 0.1) is 0 Å². The molecule has 0 N–H and O–H groups in total. The summed E-state index contributed by atoms with van der Waals surface area (Å²) in [5, 5.41) is 0. The maximum Gasteiger partial charge on any atom is 0.0233 e. The van der Waals surface area contributed by atoms with E-state index in [1.807, 2.05) is 0 Å². The van der Waals surface area contributed by atoms with Gasteiger partial charge in [-0.05, 0) is 17.4 Å². The molecule has 16 heavy (non-hydrogen) atoms. The van der Waals surface area contributed by atoms with Gasteiger partial charge < -0.3 is 0 Å². The Hall–Kier alpha value is -0.820. The fraction of sp³-hybridized carbons (Fsp3) is 0.600. The first-order chi connectivity index (χ1) is 7.83. The van der Waals surface area contributed by atoms with Crippen molar-refractivity contribution in [1.29, 1.82) is 0 Å². The van der Waals surface area contributed by atoms with Gasteiger partial charge in [0.2, 0.25) is 0 Å². The molecular formula is C15H23N. The molecule has 1 aliphatic rings. The predicted molar refractivity (Wildman–Crippen MR) is 69.3 cm³/mol. The lowest BCUT2D eigenvalue weighted by molar-refractivity contribution is 0.312. The van der Waals surface area contributed by atoms with E-state index in [1.54, 1.807) is 0 Å². The zero-order valence-corrected chi connectivity index (χ0v) is 10.5. The van der Waals surface area contributed by atoms with E-state index in [2.05, 4.69) is 49.1 Å². The van der Waals surface area contributed by atoms with Crippen LogP contribution in [0.4, 0.5) is 0 Å². The Labute approximate surface area is 99.5 Å². The van der Waals surface area contributed by atoms with E-state index in [4.69, 9.17) is 0 Å². The van der Waals surface area contributed by atoms with Gasteiger partial charge >= 0.3 is 0 Å². The standard InChI is InChI=1S/C15H23N/c1-3-14-11-16(12-15(14)4-2)10-13-8-6-5-7-9-13/h5-9,14-15H,3-4,10-12H2,1-2H3. The number of nitrogens with zero attached hydrogens (tertiary/aromatic N) is 1. The molecule has 2 atom stereocenters. The second kappa shape index (κ2) is 5.49. The third kappa shape index (κ3) is 2.65. The van der Waals surface area contributed by atoms with Crippen molar-refractivity contribution >= 4 is 0 Å². The smallest absolute Gasteiger partial charge is 0.0233 e. The molecule has 0 aliphatic carbocycles. The molecule has 88 valence electrons. The van der Waals surface area contributed by atoms with Crippen LogP contribution in [-0.2, 0) is 6.54 Å². The molecule has 0 saturated carbocycles. The molecule has 1 fully saturated rings. The van der Waals surface area contributed by atoms with Gasteiger partial charge in [0.15, 0.2) is 0 Å². The Balaban J connectivity index is 1.93. The molecule has 1 nitrogen and oxygen atoms in total. The summed E-state index contributed by atoms with van der Waals surface area (Å²) >= 11 is 0. The highest BCUT2D eigenvalue weighted by molar-refractivity contribution is 5.14. The van der Waals surface area contributed by atoms with Crippen molar-refractivity contribution in [2.24, 2.45) is 11.8 Å². The minimum atomic E-state index is 0.925. The largest absolute Gasteiger partial charge is 0.299 e. The van der Waals surface area contributed by atoms with Crippen LogP contribution in [0.5, 0.6) is 0 Å². The first-order valence-corrected chi connectivity index (χ1v) is 6.59. The monoisotopic (exact) mass is 217 g/mol. The van der Waals surface area contributed by atoms with E-state index < -0.39 is 0 Å². The normalized spacial score (nSPS) is 26.1. The fourth-order valence-electron chi connectivity index (χ4n) is 2.93. The number of hydrogen-bond donors (Lipinski definition) is 0. The molecule has 2 rings (SSSR count). The molecule has 0 radical (unpaired) electrons. The molecule has 1 aromatic carbocycles. The molecular weight excluding hydrogens is 194 g/mol. The van der Waals surface area contributed by atoms with E-state index in [0.29, 0.717) is 0 Å². The van der Waals surface area contributed by atoms with E-state index >= 15 is 0 Å². The van der Waals surface area contributed by atoms with Crippen molar-refractivity contribution < 1.29 is 0 Å². The third-order valence-corrected chi connectivity index (χ3v) is 3.95. The zero-order chi connectivity index (χ0) is 11.4. The van der Waals surface area contributed by atoms with Crippen molar-refractivity contribution in [3.8, 4) is 0 Å². The predicted octanol–water partition coefficient (Wildman–Crippen LogP) is 3.55. The zero-order valence-electron chi connectivity index (χ0n) is 10.5. The van der Waals surface area contributed by atoms with Gasteiger partial charge in [-0.15, -0.1) is 0 Å². The second-order valence-electron chi connectivity index (χ2n) is 5.02. The molecule has 1 heterocycles. The summed E-state index contributed by atoms with van der Waals surface area (Å²) in [7, 11) is 0. The van der Waals surface area contributed by atoms with Gasteiger partial charge in [-0.25, -0.2) is 0 Å². The third-order valence-electron chi connectivity index (χ3n) is 3.95. The second-order valence-corrected chi connectivity index (χ2v) is 5.02. The molecule has 1 heteroatoms. The molecule has 2 unspecified atom stereocenters. The lowest BCUT2D eigenvalue weighted by Crippen LogP contribution is -2.20. The summed E-state index contributed by atoms with van der Waals surface area (Å²) in [6.45, 7) is 8.39. The van der Waals surface area contributed by atoms with Crippen molar-refractivity contribution in [1.82, 2.24) is 4.90 Å². The molecule has 0 aromatic heterocycles. The molecule has 1 aliphatic heterocycles. The van der Waals surface area contributed by atoms with Crippen LogP contribution in [0.3, 0.4) is 0 Å². The summed E-state index contributed by atoms with van der Waals surface area (Å²) in [6, 6.07) is 10.8. The number of rotatable bonds is 4. The summed E-state index contributed by atoms with van der Waals surface area (Å²) < 4.78 is 0. The first-order valence-electron chi connectivity index (χ1n) is 6.59. The van der Waals surface area contributed by atoms with Gasteiger partial charge in [0.1, 0.15) is 0 Å². The Kier molecular flexibility index (Phi) is 4.00. The highest BCUT2D eigenvalue weighted by Crippen LogP contribution is 2.29. The van der Waals surface area contributed by atoms with E-state index in [9.17, 15) is 0 Å². The van der Waals surface area contributed by atoms with Crippen molar-refractivity contribution in [2.45, 2.75) is 33.2 Å². The Morgan fingerprint density at radius 1 is 1.00 bits per heavy atom.